The summed E-state index contributed by atoms with van der Waals surface area (Å²) in [6, 6.07) is 0. The molecule has 0 fully saturated rings. The monoisotopic (exact) mass is 235 g/mol. The van der Waals surface area contributed by atoms with Crippen LogP contribution in [0, 0.1) is 0 Å². The van der Waals surface area contributed by atoms with Crippen LogP contribution in [0.1, 0.15) is 19.3 Å². The van der Waals surface area contributed by atoms with Gasteiger partial charge in [0, 0.05) is 6.61 Å². The minimum Gasteiger partial charge on any atom is -0.450 e. The Kier molecular flexibility index (Phi) is 11.6. The number of rotatable bonds is 11. The molecule has 0 aliphatic rings. The Morgan fingerprint density at radius 3 is 2.19 bits per heavy atom. The maximum Gasteiger partial charge on any atom is 0.404 e. The summed E-state index contributed by atoms with van der Waals surface area (Å²) in [5.41, 5.74) is 4.80. The van der Waals surface area contributed by atoms with Crippen molar-refractivity contribution in [2.45, 2.75) is 19.3 Å². The number of unbranched alkanes of at least 4 members (excludes halogenated alkanes) is 2. The molecule has 0 aromatic rings. The van der Waals surface area contributed by atoms with E-state index >= 15 is 0 Å². The van der Waals surface area contributed by atoms with Gasteiger partial charge in [0.15, 0.2) is 0 Å². The molecular formula is C10H21NO5. The van der Waals surface area contributed by atoms with E-state index in [0.29, 0.717) is 33.0 Å². The number of aliphatic hydroxyl groups is 1. The zero-order chi connectivity index (χ0) is 12.1. The molecule has 16 heavy (non-hydrogen) atoms. The quantitative estimate of drug-likeness (QED) is 0.502. The van der Waals surface area contributed by atoms with Crippen molar-refractivity contribution in [2.24, 2.45) is 5.73 Å². The lowest BCUT2D eigenvalue weighted by atomic mass is 10.2. The van der Waals surface area contributed by atoms with Gasteiger partial charge in [0.2, 0.25) is 0 Å². The number of hydrogen-bond donors (Lipinski definition) is 2. The minimum absolute atomic E-state index is 0.0415. The van der Waals surface area contributed by atoms with E-state index in [2.05, 4.69) is 4.74 Å². The van der Waals surface area contributed by atoms with Crippen molar-refractivity contribution < 1.29 is 24.1 Å². The van der Waals surface area contributed by atoms with Crippen LogP contribution in [-0.4, -0.2) is 50.8 Å². The van der Waals surface area contributed by atoms with Crippen LogP contribution in [0.4, 0.5) is 4.79 Å². The normalized spacial score (nSPS) is 10.3. The molecule has 0 aromatic heterocycles. The lowest BCUT2D eigenvalue weighted by Gasteiger charge is -2.05. The molecule has 0 unspecified atom stereocenters. The van der Waals surface area contributed by atoms with Crippen molar-refractivity contribution in [3.8, 4) is 0 Å². The molecule has 0 spiro atoms. The lowest BCUT2D eigenvalue weighted by molar-refractivity contribution is 0.0318. The maximum absolute atomic E-state index is 10.2. The molecule has 0 bridgehead atoms. The van der Waals surface area contributed by atoms with Gasteiger partial charge < -0.3 is 25.1 Å². The second kappa shape index (κ2) is 12.2. The molecule has 6 nitrogen and oxygen atoms in total. The number of ether oxygens (including phenoxy) is 3. The molecular weight excluding hydrogens is 214 g/mol. The van der Waals surface area contributed by atoms with Gasteiger partial charge in [-0.2, -0.15) is 0 Å². The van der Waals surface area contributed by atoms with E-state index in [1.807, 2.05) is 0 Å². The first-order valence-electron chi connectivity index (χ1n) is 5.46. The van der Waals surface area contributed by atoms with E-state index in [9.17, 15) is 4.79 Å². The summed E-state index contributed by atoms with van der Waals surface area (Å²) in [6.45, 7) is 2.48. The molecule has 0 aliphatic heterocycles. The first kappa shape index (κ1) is 15.2. The highest BCUT2D eigenvalue weighted by Crippen LogP contribution is 1.96. The van der Waals surface area contributed by atoms with E-state index in [1.54, 1.807) is 0 Å². The van der Waals surface area contributed by atoms with E-state index in [4.69, 9.17) is 20.3 Å². The van der Waals surface area contributed by atoms with Crippen molar-refractivity contribution in [3.63, 3.8) is 0 Å². The molecule has 6 heteroatoms. The Morgan fingerprint density at radius 2 is 1.56 bits per heavy atom. The van der Waals surface area contributed by atoms with Crippen LogP contribution >= 0.6 is 0 Å². The second-order valence-corrected chi connectivity index (χ2v) is 3.18. The lowest BCUT2D eigenvalue weighted by Crippen LogP contribution is -2.13. The molecule has 0 saturated carbocycles. The van der Waals surface area contributed by atoms with E-state index in [0.717, 1.165) is 19.3 Å². The maximum atomic E-state index is 10.2. The number of primary amides is 1. The highest BCUT2D eigenvalue weighted by atomic mass is 16.5. The van der Waals surface area contributed by atoms with Crippen LogP contribution in [0.5, 0.6) is 0 Å². The standard InChI is InChI=1S/C10H21NO5/c11-10(13)16-6-3-1-2-5-14-8-9-15-7-4-12/h12H,1-9H2,(H2,11,13). The van der Waals surface area contributed by atoms with E-state index < -0.39 is 6.09 Å². The molecule has 0 heterocycles. The summed E-state index contributed by atoms with van der Waals surface area (Å²) in [7, 11) is 0. The molecule has 0 rings (SSSR count). The van der Waals surface area contributed by atoms with Crippen molar-refractivity contribution in [1.29, 1.82) is 0 Å². The number of nitrogens with two attached hydrogens (primary N) is 1. The first-order chi connectivity index (χ1) is 7.77. The van der Waals surface area contributed by atoms with Gasteiger partial charge in [-0.25, -0.2) is 4.79 Å². The SMILES string of the molecule is NC(=O)OCCCCCOCCOCCO. The third-order valence-corrected chi connectivity index (χ3v) is 1.78. The zero-order valence-corrected chi connectivity index (χ0v) is 9.52. The Balaban J connectivity index is 2.90. The fourth-order valence-electron chi connectivity index (χ4n) is 1.04. The number of aliphatic hydroxyl groups excluding tert-OH is 1. The summed E-state index contributed by atoms with van der Waals surface area (Å²) in [5, 5.41) is 8.42. The van der Waals surface area contributed by atoms with Gasteiger partial charge in [-0.3, -0.25) is 0 Å². The number of carbonyl (C=O) groups is 1. The zero-order valence-electron chi connectivity index (χ0n) is 9.52. The predicted octanol–water partition coefficient (Wildman–Crippen LogP) is 0.277. The third kappa shape index (κ3) is 13.2. The topological polar surface area (TPSA) is 91.0 Å². The largest absolute Gasteiger partial charge is 0.450 e. The van der Waals surface area contributed by atoms with Crippen LogP contribution in [0.2, 0.25) is 0 Å². The summed E-state index contributed by atoms with van der Waals surface area (Å²) < 4.78 is 14.8. The molecule has 0 radical (unpaired) electrons. The molecule has 96 valence electrons. The Hall–Kier alpha value is -0.850. The van der Waals surface area contributed by atoms with E-state index in [1.165, 1.54) is 0 Å². The first-order valence-corrected chi connectivity index (χ1v) is 5.46. The average Bonchev–Trinajstić information content (AvgIpc) is 2.25. The van der Waals surface area contributed by atoms with Gasteiger partial charge in [-0.15, -0.1) is 0 Å². The Bertz CT molecular complexity index is 165. The minimum atomic E-state index is -0.725. The highest BCUT2D eigenvalue weighted by molar-refractivity contribution is 5.64. The van der Waals surface area contributed by atoms with Crippen LogP contribution < -0.4 is 5.73 Å². The summed E-state index contributed by atoms with van der Waals surface area (Å²) >= 11 is 0. The second-order valence-electron chi connectivity index (χ2n) is 3.18. The summed E-state index contributed by atoms with van der Waals surface area (Å²) in [4.78, 5) is 10.2. The summed E-state index contributed by atoms with van der Waals surface area (Å²) in [6.07, 6.45) is 1.93. The summed E-state index contributed by atoms with van der Waals surface area (Å²) in [5.74, 6) is 0. The van der Waals surface area contributed by atoms with Gasteiger partial charge in [-0.05, 0) is 19.3 Å². The highest BCUT2D eigenvalue weighted by Gasteiger charge is 1.94. The van der Waals surface area contributed by atoms with Crippen LogP contribution in [0.3, 0.4) is 0 Å². The average molecular weight is 235 g/mol. The Morgan fingerprint density at radius 1 is 0.938 bits per heavy atom. The van der Waals surface area contributed by atoms with Crippen LogP contribution in [0.15, 0.2) is 0 Å². The van der Waals surface area contributed by atoms with Crippen molar-refractivity contribution in [3.05, 3.63) is 0 Å². The number of carbonyl (C=O) groups excluding carboxylic acids is 1. The number of hydrogen-bond acceptors (Lipinski definition) is 5. The molecule has 1 amide bonds. The molecule has 0 saturated heterocycles. The smallest absolute Gasteiger partial charge is 0.404 e. The van der Waals surface area contributed by atoms with Gasteiger partial charge in [0.25, 0.3) is 0 Å². The Labute approximate surface area is 95.7 Å². The predicted molar refractivity (Wildman–Crippen MR) is 58.1 cm³/mol. The van der Waals surface area contributed by atoms with Crippen LogP contribution in [0.25, 0.3) is 0 Å². The molecule has 0 atom stereocenters. The van der Waals surface area contributed by atoms with Crippen LogP contribution in [-0.2, 0) is 14.2 Å². The molecule has 0 aliphatic carbocycles. The third-order valence-electron chi connectivity index (χ3n) is 1.78. The van der Waals surface area contributed by atoms with Crippen molar-refractivity contribution in [1.82, 2.24) is 0 Å². The van der Waals surface area contributed by atoms with Gasteiger partial charge in [0.05, 0.1) is 33.0 Å². The van der Waals surface area contributed by atoms with E-state index in [-0.39, 0.29) is 6.61 Å². The van der Waals surface area contributed by atoms with Crippen molar-refractivity contribution >= 4 is 6.09 Å². The fourth-order valence-corrected chi connectivity index (χ4v) is 1.04. The molecule has 0 aromatic carbocycles. The molecule has 3 N–H and O–H groups in total. The fraction of sp³-hybridized carbons (Fsp3) is 0.900. The van der Waals surface area contributed by atoms with Crippen molar-refractivity contribution in [2.75, 3.05) is 39.6 Å². The number of amides is 1. The van der Waals surface area contributed by atoms with Gasteiger partial charge >= 0.3 is 6.09 Å². The van der Waals surface area contributed by atoms with Gasteiger partial charge in [0.1, 0.15) is 0 Å². The van der Waals surface area contributed by atoms with Gasteiger partial charge in [-0.1, -0.05) is 0 Å².